The first-order valence-corrected chi connectivity index (χ1v) is 8.91. The summed E-state index contributed by atoms with van der Waals surface area (Å²) in [6, 6.07) is 10.3. The quantitative estimate of drug-likeness (QED) is 0.587. The molecule has 0 aliphatic rings. The molecule has 0 saturated heterocycles. The average Bonchev–Trinajstić information content (AvgIpc) is 3.11. The standard InChI is InChI=1S/C18H23FN4OS/c1-23(2)17(24)13-22-18(20-10-9-16-4-3-11-25-16)21-12-14-5-7-15(19)8-6-14/h3-8,11H,9-10,12-13H2,1-2H3,(H2,20,21,22). The second-order valence-corrected chi connectivity index (χ2v) is 6.72. The lowest BCUT2D eigenvalue weighted by atomic mass is 10.2. The topological polar surface area (TPSA) is 56.7 Å². The summed E-state index contributed by atoms with van der Waals surface area (Å²) in [5, 5.41) is 8.32. The zero-order valence-corrected chi connectivity index (χ0v) is 15.3. The largest absolute Gasteiger partial charge is 0.356 e. The molecule has 0 radical (unpaired) electrons. The minimum Gasteiger partial charge on any atom is -0.356 e. The first kappa shape index (κ1) is 18.9. The lowest BCUT2D eigenvalue weighted by Gasteiger charge is -2.15. The summed E-state index contributed by atoms with van der Waals surface area (Å²) in [4.78, 5) is 19.0. The van der Waals surface area contributed by atoms with E-state index in [1.54, 1.807) is 37.6 Å². The highest BCUT2D eigenvalue weighted by atomic mass is 32.1. The van der Waals surface area contributed by atoms with E-state index in [1.165, 1.54) is 21.9 Å². The second-order valence-electron chi connectivity index (χ2n) is 5.69. The molecule has 1 aromatic carbocycles. The van der Waals surface area contributed by atoms with Crippen molar-refractivity contribution in [2.75, 3.05) is 27.2 Å². The van der Waals surface area contributed by atoms with Crippen LogP contribution in [0.1, 0.15) is 10.4 Å². The Morgan fingerprint density at radius 2 is 1.96 bits per heavy atom. The molecular weight excluding hydrogens is 339 g/mol. The molecule has 0 aliphatic carbocycles. The Kier molecular flexibility index (Phi) is 7.40. The third-order valence-corrected chi connectivity index (χ3v) is 4.42. The Labute approximate surface area is 151 Å². The van der Waals surface area contributed by atoms with Crippen molar-refractivity contribution < 1.29 is 9.18 Å². The Hall–Kier alpha value is -2.41. The Balaban J connectivity index is 1.92. The molecule has 25 heavy (non-hydrogen) atoms. The van der Waals surface area contributed by atoms with Crippen LogP contribution >= 0.6 is 11.3 Å². The molecule has 0 aliphatic heterocycles. The van der Waals surface area contributed by atoms with E-state index in [-0.39, 0.29) is 18.3 Å². The highest BCUT2D eigenvalue weighted by Crippen LogP contribution is 2.08. The van der Waals surface area contributed by atoms with Gasteiger partial charge < -0.3 is 15.5 Å². The Morgan fingerprint density at radius 3 is 2.60 bits per heavy atom. The lowest BCUT2D eigenvalue weighted by Crippen LogP contribution is -2.43. The minimum absolute atomic E-state index is 0.0328. The minimum atomic E-state index is -0.267. The summed E-state index contributed by atoms with van der Waals surface area (Å²) in [6.45, 7) is 1.29. The van der Waals surface area contributed by atoms with Crippen molar-refractivity contribution in [3.63, 3.8) is 0 Å². The van der Waals surface area contributed by atoms with E-state index < -0.39 is 0 Å². The van der Waals surface area contributed by atoms with E-state index in [2.05, 4.69) is 21.7 Å². The fourth-order valence-corrected chi connectivity index (χ4v) is 2.72. The summed E-state index contributed by atoms with van der Waals surface area (Å²) in [5.41, 5.74) is 0.902. The van der Waals surface area contributed by atoms with Crippen molar-refractivity contribution in [2.45, 2.75) is 13.0 Å². The Bertz CT molecular complexity index is 684. The SMILES string of the molecule is CN(C)C(=O)CNC(=NCc1ccc(F)cc1)NCCc1cccs1. The van der Waals surface area contributed by atoms with Crippen LogP contribution < -0.4 is 10.6 Å². The van der Waals surface area contributed by atoms with Crippen LogP contribution in [0.4, 0.5) is 4.39 Å². The molecule has 0 bridgehead atoms. The van der Waals surface area contributed by atoms with Gasteiger partial charge in [-0.25, -0.2) is 9.38 Å². The third kappa shape index (κ3) is 6.93. The molecule has 0 spiro atoms. The van der Waals surface area contributed by atoms with Gasteiger partial charge in [0.1, 0.15) is 5.82 Å². The van der Waals surface area contributed by atoms with Gasteiger partial charge in [0.05, 0.1) is 13.1 Å². The number of carbonyl (C=O) groups excluding carboxylic acids is 1. The number of thiophene rings is 1. The van der Waals surface area contributed by atoms with Crippen molar-refractivity contribution >= 4 is 23.2 Å². The number of carbonyl (C=O) groups is 1. The maximum atomic E-state index is 13.0. The molecular formula is C18H23FN4OS. The summed E-state index contributed by atoms with van der Waals surface area (Å²) in [6.07, 6.45) is 0.885. The van der Waals surface area contributed by atoms with Crippen LogP contribution in [0.3, 0.4) is 0 Å². The lowest BCUT2D eigenvalue weighted by molar-refractivity contribution is -0.127. The second kappa shape index (κ2) is 9.78. The van der Waals surface area contributed by atoms with Gasteiger partial charge in [0.2, 0.25) is 5.91 Å². The van der Waals surface area contributed by atoms with E-state index in [0.29, 0.717) is 19.0 Å². The van der Waals surface area contributed by atoms with Crippen LogP contribution in [0.5, 0.6) is 0 Å². The number of aliphatic imine (C=N–C) groups is 1. The van der Waals surface area contributed by atoms with Crippen LogP contribution in [0.25, 0.3) is 0 Å². The summed E-state index contributed by atoms with van der Waals surface area (Å²) in [7, 11) is 3.42. The number of hydrogen-bond donors (Lipinski definition) is 2. The average molecular weight is 362 g/mol. The van der Waals surface area contributed by atoms with Crippen molar-refractivity contribution in [3.8, 4) is 0 Å². The Morgan fingerprint density at radius 1 is 1.20 bits per heavy atom. The summed E-state index contributed by atoms with van der Waals surface area (Å²) >= 11 is 1.71. The van der Waals surface area contributed by atoms with Crippen molar-refractivity contribution in [1.82, 2.24) is 15.5 Å². The highest BCUT2D eigenvalue weighted by molar-refractivity contribution is 7.09. The number of nitrogens with zero attached hydrogens (tertiary/aromatic N) is 2. The maximum absolute atomic E-state index is 13.0. The van der Waals surface area contributed by atoms with Crippen molar-refractivity contribution in [2.24, 2.45) is 4.99 Å². The molecule has 1 aromatic heterocycles. The molecule has 2 aromatic rings. The maximum Gasteiger partial charge on any atom is 0.241 e. The van der Waals surface area contributed by atoms with Gasteiger partial charge in [-0.15, -0.1) is 11.3 Å². The van der Waals surface area contributed by atoms with Gasteiger partial charge in [0.15, 0.2) is 5.96 Å². The molecule has 1 heterocycles. The number of amides is 1. The molecule has 5 nitrogen and oxygen atoms in total. The van der Waals surface area contributed by atoms with Gasteiger partial charge in [0.25, 0.3) is 0 Å². The normalized spacial score (nSPS) is 11.2. The third-order valence-electron chi connectivity index (χ3n) is 3.48. The van der Waals surface area contributed by atoms with Gasteiger partial charge in [-0.1, -0.05) is 18.2 Å². The molecule has 2 N–H and O–H groups in total. The molecule has 134 valence electrons. The van der Waals surface area contributed by atoms with Gasteiger partial charge in [0, 0.05) is 25.5 Å². The zero-order valence-electron chi connectivity index (χ0n) is 14.5. The van der Waals surface area contributed by atoms with Crippen molar-refractivity contribution in [1.29, 1.82) is 0 Å². The molecule has 0 fully saturated rings. The first-order chi connectivity index (χ1) is 12.0. The number of halogens is 1. The zero-order chi connectivity index (χ0) is 18.1. The number of rotatable bonds is 7. The fourth-order valence-electron chi connectivity index (χ4n) is 2.01. The van der Waals surface area contributed by atoms with Crippen LogP contribution in [-0.2, 0) is 17.8 Å². The number of benzene rings is 1. The van der Waals surface area contributed by atoms with Gasteiger partial charge in [-0.2, -0.15) is 0 Å². The van der Waals surface area contributed by atoms with E-state index in [0.717, 1.165) is 12.0 Å². The number of guanidine groups is 1. The molecule has 2 rings (SSSR count). The monoisotopic (exact) mass is 362 g/mol. The molecule has 1 amide bonds. The predicted octanol–water partition coefficient (Wildman–Crippen LogP) is 2.25. The van der Waals surface area contributed by atoms with E-state index >= 15 is 0 Å². The van der Waals surface area contributed by atoms with Crippen molar-refractivity contribution in [3.05, 3.63) is 58.0 Å². The van der Waals surface area contributed by atoms with Crippen LogP contribution in [-0.4, -0.2) is 44.0 Å². The van der Waals surface area contributed by atoms with Crippen LogP contribution in [0, 0.1) is 5.82 Å². The summed E-state index contributed by atoms with van der Waals surface area (Å²) < 4.78 is 13.0. The molecule has 0 saturated carbocycles. The summed E-state index contributed by atoms with van der Waals surface area (Å²) in [5.74, 6) is 0.266. The smallest absolute Gasteiger partial charge is 0.241 e. The van der Waals surface area contributed by atoms with E-state index in [4.69, 9.17) is 0 Å². The highest BCUT2D eigenvalue weighted by Gasteiger charge is 2.06. The number of hydrogen-bond acceptors (Lipinski definition) is 3. The van der Waals surface area contributed by atoms with Crippen LogP contribution in [0.2, 0.25) is 0 Å². The van der Waals surface area contributed by atoms with Gasteiger partial charge in [-0.3, -0.25) is 4.79 Å². The first-order valence-electron chi connectivity index (χ1n) is 8.04. The molecule has 0 atom stereocenters. The molecule has 0 unspecified atom stereocenters. The van der Waals surface area contributed by atoms with Gasteiger partial charge in [-0.05, 0) is 35.6 Å². The van der Waals surface area contributed by atoms with Gasteiger partial charge >= 0.3 is 0 Å². The van der Waals surface area contributed by atoms with E-state index in [9.17, 15) is 9.18 Å². The predicted molar refractivity (Wildman–Crippen MR) is 100 cm³/mol. The number of likely N-dealkylation sites (N-methyl/N-ethyl adjacent to an activating group) is 1. The van der Waals surface area contributed by atoms with Crippen LogP contribution in [0.15, 0.2) is 46.8 Å². The fraction of sp³-hybridized carbons (Fsp3) is 0.333. The number of nitrogens with one attached hydrogen (secondary N) is 2. The molecule has 7 heteroatoms. The van der Waals surface area contributed by atoms with E-state index in [1.807, 2.05) is 11.4 Å².